The Morgan fingerprint density at radius 1 is 1.35 bits per heavy atom. The molecule has 17 heavy (non-hydrogen) atoms. The van der Waals surface area contributed by atoms with E-state index in [2.05, 4.69) is 26.8 Å². The fraction of sp³-hybridized carbons (Fsp3) is 0.933. The predicted octanol–water partition coefficient (Wildman–Crippen LogP) is 4.88. The van der Waals surface area contributed by atoms with Crippen LogP contribution < -0.4 is 0 Å². The van der Waals surface area contributed by atoms with Crippen LogP contribution >= 0.6 is 11.8 Å². The summed E-state index contributed by atoms with van der Waals surface area (Å²) < 4.78 is 0. The van der Waals surface area contributed by atoms with Crippen LogP contribution in [0.4, 0.5) is 0 Å². The molecule has 1 nitrogen and oxygen atoms in total. The average Bonchev–Trinajstić information content (AvgIpc) is 2.35. The van der Waals surface area contributed by atoms with Gasteiger partial charge in [-0.15, -0.1) is 0 Å². The number of thioether (sulfide) groups is 1. The van der Waals surface area contributed by atoms with Crippen molar-refractivity contribution < 1.29 is 0 Å². The SMILES string of the molecule is CCSCCCC1(C#N)CCC(C(C)C)CC1. The number of rotatable bonds is 6. The van der Waals surface area contributed by atoms with Crippen LogP contribution in [0.15, 0.2) is 0 Å². The second-order valence-corrected chi connectivity index (χ2v) is 7.17. The number of hydrogen-bond acceptors (Lipinski definition) is 2. The highest BCUT2D eigenvalue weighted by molar-refractivity contribution is 7.99. The highest BCUT2D eigenvalue weighted by atomic mass is 32.2. The van der Waals surface area contributed by atoms with Crippen molar-refractivity contribution in [1.82, 2.24) is 0 Å². The summed E-state index contributed by atoms with van der Waals surface area (Å²) in [6.45, 7) is 6.85. The Labute approximate surface area is 111 Å². The van der Waals surface area contributed by atoms with Crippen molar-refractivity contribution >= 4 is 11.8 Å². The van der Waals surface area contributed by atoms with Gasteiger partial charge in [0.25, 0.3) is 0 Å². The standard InChI is InChI=1S/C15H27NS/c1-4-17-11-5-8-15(12-16)9-6-14(7-10-15)13(2)3/h13-14H,4-11H2,1-3H3. The molecule has 0 radical (unpaired) electrons. The van der Waals surface area contributed by atoms with Gasteiger partial charge in [-0.05, 0) is 61.9 Å². The first-order valence-electron chi connectivity index (χ1n) is 7.12. The molecule has 2 heteroatoms. The lowest BCUT2D eigenvalue weighted by molar-refractivity contribution is 0.165. The third-order valence-corrected chi connectivity index (χ3v) is 5.30. The van der Waals surface area contributed by atoms with E-state index in [0.717, 1.165) is 31.1 Å². The van der Waals surface area contributed by atoms with Gasteiger partial charge in [-0.25, -0.2) is 0 Å². The summed E-state index contributed by atoms with van der Waals surface area (Å²) in [4.78, 5) is 0. The van der Waals surface area contributed by atoms with Crippen LogP contribution in [0, 0.1) is 28.6 Å². The van der Waals surface area contributed by atoms with E-state index in [9.17, 15) is 5.26 Å². The number of nitrogens with zero attached hydrogens (tertiary/aromatic N) is 1. The lowest BCUT2D eigenvalue weighted by Gasteiger charge is -2.36. The van der Waals surface area contributed by atoms with E-state index in [-0.39, 0.29) is 5.41 Å². The molecular formula is C15H27NS. The van der Waals surface area contributed by atoms with Gasteiger partial charge in [-0.3, -0.25) is 0 Å². The Balaban J connectivity index is 2.36. The molecule has 0 spiro atoms. The molecule has 0 N–H and O–H groups in total. The first-order chi connectivity index (χ1) is 8.13. The van der Waals surface area contributed by atoms with E-state index < -0.39 is 0 Å². The van der Waals surface area contributed by atoms with Crippen LogP contribution in [0.5, 0.6) is 0 Å². The van der Waals surface area contributed by atoms with Crippen molar-refractivity contribution in [3.63, 3.8) is 0 Å². The zero-order valence-corrected chi connectivity index (χ0v) is 12.5. The zero-order chi connectivity index (χ0) is 12.7. The fourth-order valence-corrected chi connectivity index (χ4v) is 3.57. The molecule has 0 aliphatic heterocycles. The summed E-state index contributed by atoms with van der Waals surface area (Å²) in [5, 5.41) is 9.47. The molecule has 98 valence electrons. The van der Waals surface area contributed by atoms with Crippen molar-refractivity contribution in [2.75, 3.05) is 11.5 Å². The van der Waals surface area contributed by atoms with Gasteiger partial charge in [-0.2, -0.15) is 17.0 Å². The van der Waals surface area contributed by atoms with E-state index in [4.69, 9.17) is 0 Å². The normalized spacial score (nSPS) is 29.2. The quantitative estimate of drug-likeness (QED) is 0.630. The van der Waals surface area contributed by atoms with Gasteiger partial charge in [-0.1, -0.05) is 20.8 Å². The Morgan fingerprint density at radius 2 is 2.00 bits per heavy atom. The summed E-state index contributed by atoms with van der Waals surface area (Å²) in [6.07, 6.45) is 7.17. The molecule has 0 heterocycles. The van der Waals surface area contributed by atoms with Crippen molar-refractivity contribution in [2.45, 2.75) is 59.3 Å². The minimum Gasteiger partial charge on any atom is -0.198 e. The van der Waals surface area contributed by atoms with Gasteiger partial charge in [0.1, 0.15) is 0 Å². The first-order valence-corrected chi connectivity index (χ1v) is 8.28. The first kappa shape index (κ1) is 14.9. The minimum absolute atomic E-state index is 0.0275. The molecule has 0 unspecified atom stereocenters. The Bertz CT molecular complexity index is 246. The highest BCUT2D eigenvalue weighted by Gasteiger charge is 2.35. The maximum absolute atomic E-state index is 9.47. The second-order valence-electron chi connectivity index (χ2n) is 5.77. The summed E-state index contributed by atoms with van der Waals surface area (Å²) in [7, 11) is 0. The molecule has 1 rings (SSSR count). The van der Waals surface area contributed by atoms with Crippen molar-refractivity contribution in [3.05, 3.63) is 0 Å². The predicted molar refractivity (Wildman–Crippen MR) is 77.1 cm³/mol. The largest absolute Gasteiger partial charge is 0.198 e. The molecular weight excluding hydrogens is 226 g/mol. The number of hydrogen-bond donors (Lipinski definition) is 0. The maximum Gasteiger partial charge on any atom is 0.0689 e. The van der Waals surface area contributed by atoms with Gasteiger partial charge in [0.15, 0.2) is 0 Å². The van der Waals surface area contributed by atoms with E-state index in [1.54, 1.807) is 0 Å². The summed E-state index contributed by atoms with van der Waals surface area (Å²) >= 11 is 2.00. The van der Waals surface area contributed by atoms with Crippen molar-refractivity contribution in [1.29, 1.82) is 5.26 Å². The van der Waals surface area contributed by atoms with Crippen LogP contribution in [0.2, 0.25) is 0 Å². The Kier molecular flexibility index (Phi) is 6.41. The molecule has 1 aliphatic rings. The number of nitriles is 1. The summed E-state index contributed by atoms with van der Waals surface area (Å²) in [5.41, 5.74) is 0.0275. The second kappa shape index (κ2) is 7.31. The molecule has 0 atom stereocenters. The molecule has 1 aliphatic carbocycles. The van der Waals surface area contributed by atoms with Gasteiger partial charge >= 0.3 is 0 Å². The summed E-state index contributed by atoms with van der Waals surface area (Å²) in [6, 6.07) is 2.64. The molecule has 0 aromatic carbocycles. The topological polar surface area (TPSA) is 23.8 Å². The Hall–Kier alpha value is -0.160. The molecule has 0 amide bonds. The molecule has 0 bridgehead atoms. The highest BCUT2D eigenvalue weighted by Crippen LogP contribution is 2.44. The van der Waals surface area contributed by atoms with E-state index in [1.165, 1.54) is 30.8 Å². The van der Waals surface area contributed by atoms with E-state index >= 15 is 0 Å². The minimum atomic E-state index is 0.0275. The van der Waals surface area contributed by atoms with Crippen LogP contribution in [0.3, 0.4) is 0 Å². The van der Waals surface area contributed by atoms with Crippen LogP contribution in [0.25, 0.3) is 0 Å². The van der Waals surface area contributed by atoms with Gasteiger partial charge < -0.3 is 0 Å². The molecule has 1 fully saturated rings. The third kappa shape index (κ3) is 4.54. The molecule has 0 saturated heterocycles. The van der Waals surface area contributed by atoms with E-state index in [1.807, 2.05) is 11.8 Å². The molecule has 0 aromatic heterocycles. The van der Waals surface area contributed by atoms with Crippen molar-refractivity contribution in [2.24, 2.45) is 17.3 Å². The smallest absolute Gasteiger partial charge is 0.0689 e. The monoisotopic (exact) mass is 253 g/mol. The third-order valence-electron chi connectivity index (χ3n) is 4.32. The van der Waals surface area contributed by atoms with Crippen LogP contribution in [0.1, 0.15) is 59.3 Å². The maximum atomic E-state index is 9.47. The van der Waals surface area contributed by atoms with E-state index in [0.29, 0.717) is 0 Å². The van der Waals surface area contributed by atoms with Gasteiger partial charge in [0, 0.05) is 0 Å². The fourth-order valence-electron chi connectivity index (χ4n) is 2.93. The van der Waals surface area contributed by atoms with Gasteiger partial charge in [0.05, 0.1) is 11.5 Å². The van der Waals surface area contributed by atoms with Crippen LogP contribution in [-0.2, 0) is 0 Å². The lowest BCUT2D eigenvalue weighted by Crippen LogP contribution is -2.28. The van der Waals surface area contributed by atoms with Crippen molar-refractivity contribution in [3.8, 4) is 6.07 Å². The Morgan fingerprint density at radius 3 is 2.47 bits per heavy atom. The average molecular weight is 253 g/mol. The molecule has 1 saturated carbocycles. The zero-order valence-electron chi connectivity index (χ0n) is 11.7. The summed E-state index contributed by atoms with van der Waals surface area (Å²) in [5.74, 6) is 4.09. The van der Waals surface area contributed by atoms with Gasteiger partial charge in [0.2, 0.25) is 0 Å². The molecule has 0 aromatic rings. The lowest BCUT2D eigenvalue weighted by atomic mass is 9.67. The van der Waals surface area contributed by atoms with Crippen LogP contribution in [-0.4, -0.2) is 11.5 Å².